The molecular weight excluding hydrogens is 288 g/mol. The molecule has 8 nitrogen and oxygen atoms in total. The second kappa shape index (κ2) is 5.92. The third kappa shape index (κ3) is 4.60. The van der Waals surface area contributed by atoms with Gasteiger partial charge in [-0.25, -0.2) is 17.9 Å². The predicted octanol–water partition coefficient (Wildman–Crippen LogP) is -0.431. The second-order valence-electron chi connectivity index (χ2n) is 4.98. The van der Waals surface area contributed by atoms with Crippen LogP contribution >= 0.6 is 0 Å². The van der Waals surface area contributed by atoms with Crippen LogP contribution in [0.25, 0.3) is 0 Å². The number of carboxylic acids is 1. The molecule has 1 unspecified atom stereocenters. The molecule has 0 spiro atoms. The van der Waals surface area contributed by atoms with Gasteiger partial charge in [0, 0.05) is 13.1 Å². The van der Waals surface area contributed by atoms with Crippen molar-refractivity contribution >= 4 is 16.0 Å². The van der Waals surface area contributed by atoms with E-state index in [2.05, 4.69) is 4.72 Å². The molecule has 0 aliphatic carbocycles. The molecule has 0 bridgehead atoms. The molecule has 0 radical (unpaired) electrons. The Morgan fingerprint density at radius 2 is 2.05 bits per heavy atom. The second-order valence-corrected chi connectivity index (χ2v) is 6.68. The van der Waals surface area contributed by atoms with E-state index in [0.717, 1.165) is 12.1 Å². The Hall–Kier alpha value is -1.42. The van der Waals surface area contributed by atoms with Crippen LogP contribution < -0.4 is 4.72 Å². The van der Waals surface area contributed by atoms with Crippen molar-refractivity contribution in [1.29, 1.82) is 0 Å². The van der Waals surface area contributed by atoms with Crippen molar-refractivity contribution < 1.29 is 27.8 Å². The Morgan fingerprint density at radius 1 is 1.45 bits per heavy atom. The molecular formula is C11H18N2O6S. The number of carboxylic acid groups (broad SMARTS) is 1. The first-order valence-corrected chi connectivity index (χ1v) is 7.22. The summed E-state index contributed by atoms with van der Waals surface area (Å²) >= 11 is 0. The van der Waals surface area contributed by atoms with Gasteiger partial charge in [0.2, 0.25) is 10.9 Å². The van der Waals surface area contributed by atoms with Crippen LogP contribution in [0.3, 0.4) is 0 Å². The average Bonchev–Trinajstić information content (AvgIpc) is 2.75. The van der Waals surface area contributed by atoms with E-state index in [-0.39, 0.29) is 13.1 Å². The largest absolute Gasteiger partial charge is 0.475 e. The molecule has 1 rings (SSSR count). The molecule has 0 aromatic carbocycles. The molecule has 0 fully saturated rings. The Labute approximate surface area is 117 Å². The zero-order valence-corrected chi connectivity index (χ0v) is 12.3. The summed E-state index contributed by atoms with van der Waals surface area (Å²) in [6, 6.07) is 2.10. The number of sulfonamides is 1. The molecule has 3 N–H and O–H groups in total. The molecule has 20 heavy (non-hydrogen) atoms. The van der Waals surface area contributed by atoms with Gasteiger partial charge in [0.25, 0.3) is 10.0 Å². The molecule has 1 atom stereocenters. The van der Waals surface area contributed by atoms with Crippen molar-refractivity contribution in [3.05, 3.63) is 17.9 Å². The smallest absolute Gasteiger partial charge is 0.371 e. The third-order valence-electron chi connectivity index (χ3n) is 2.36. The Morgan fingerprint density at radius 3 is 2.50 bits per heavy atom. The van der Waals surface area contributed by atoms with Gasteiger partial charge in [-0.1, -0.05) is 0 Å². The van der Waals surface area contributed by atoms with E-state index in [1.807, 2.05) is 0 Å². The molecule has 0 amide bonds. The monoisotopic (exact) mass is 306 g/mol. The quantitative estimate of drug-likeness (QED) is 0.625. The van der Waals surface area contributed by atoms with Crippen molar-refractivity contribution in [2.45, 2.75) is 17.6 Å². The number of likely N-dealkylation sites (N-methyl/N-ethyl adjacent to an activating group) is 1. The first-order valence-electron chi connectivity index (χ1n) is 5.73. The molecule has 0 saturated carbocycles. The number of carbonyl (C=O) groups is 1. The lowest BCUT2D eigenvalue weighted by atomic mass is 10.1. The number of nitrogens with zero attached hydrogens (tertiary/aromatic N) is 1. The SMILES string of the molecule is CN(C)CC(C)(O)CNS(=O)(=O)c1ccc(C(=O)O)o1. The molecule has 0 aliphatic rings. The lowest BCUT2D eigenvalue weighted by Gasteiger charge is -2.26. The lowest BCUT2D eigenvalue weighted by molar-refractivity contribution is 0.0384. The van der Waals surface area contributed by atoms with E-state index >= 15 is 0 Å². The molecule has 9 heteroatoms. The van der Waals surface area contributed by atoms with E-state index in [0.29, 0.717) is 0 Å². The Kier molecular flexibility index (Phi) is 4.92. The van der Waals surface area contributed by atoms with Crippen LogP contribution in [-0.2, 0) is 10.0 Å². The van der Waals surface area contributed by atoms with Crippen LogP contribution in [-0.4, -0.2) is 62.3 Å². The van der Waals surface area contributed by atoms with Crippen LogP contribution in [0.2, 0.25) is 0 Å². The first-order chi connectivity index (χ1) is 9.03. The summed E-state index contributed by atoms with van der Waals surface area (Å²) in [7, 11) is -0.511. The zero-order chi connectivity index (χ0) is 15.6. The topological polar surface area (TPSA) is 120 Å². The number of aromatic carboxylic acids is 1. The first kappa shape index (κ1) is 16.6. The van der Waals surface area contributed by atoms with Gasteiger partial charge in [0.1, 0.15) is 0 Å². The van der Waals surface area contributed by atoms with Crippen molar-refractivity contribution in [3.63, 3.8) is 0 Å². The summed E-state index contributed by atoms with van der Waals surface area (Å²) < 4.78 is 30.7. The number of hydrogen-bond acceptors (Lipinski definition) is 6. The summed E-state index contributed by atoms with van der Waals surface area (Å²) in [4.78, 5) is 12.3. The highest BCUT2D eigenvalue weighted by molar-refractivity contribution is 7.89. The fourth-order valence-electron chi connectivity index (χ4n) is 1.64. The molecule has 0 saturated heterocycles. The summed E-state index contributed by atoms with van der Waals surface area (Å²) in [6.07, 6.45) is 0. The fourth-order valence-corrected chi connectivity index (χ4v) is 2.73. The summed E-state index contributed by atoms with van der Waals surface area (Å²) in [5.41, 5.74) is -1.27. The van der Waals surface area contributed by atoms with E-state index in [1.54, 1.807) is 19.0 Å². The minimum atomic E-state index is -4.00. The Balaban J connectivity index is 2.77. The number of hydrogen-bond donors (Lipinski definition) is 3. The summed E-state index contributed by atoms with van der Waals surface area (Å²) in [5.74, 6) is -1.82. The van der Waals surface area contributed by atoms with Gasteiger partial charge in [0.15, 0.2) is 0 Å². The minimum Gasteiger partial charge on any atom is -0.475 e. The maximum atomic E-state index is 11.9. The van der Waals surface area contributed by atoms with Crippen LogP contribution in [0.1, 0.15) is 17.5 Å². The minimum absolute atomic E-state index is 0.226. The zero-order valence-electron chi connectivity index (χ0n) is 11.5. The van der Waals surface area contributed by atoms with Crippen molar-refractivity contribution in [3.8, 4) is 0 Å². The highest BCUT2D eigenvalue weighted by Crippen LogP contribution is 2.14. The van der Waals surface area contributed by atoms with Gasteiger partial charge in [0.05, 0.1) is 5.60 Å². The van der Waals surface area contributed by atoms with Crippen LogP contribution in [0, 0.1) is 0 Å². The maximum absolute atomic E-state index is 11.9. The highest BCUT2D eigenvalue weighted by Gasteiger charge is 2.27. The standard InChI is InChI=1S/C11H18N2O6S/c1-11(16,7-13(2)3)6-12-20(17,18)9-5-4-8(19-9)10(14)15/h4-5,12,16H,6-7H2,1-3H3,(H,14,15). The number of nitrogens with one attached hydrogen (secondary N) is 1. The normalized spacial score (nSPS) is 15.2. The van der Waals surface area contributed by atoms with Gasteiger partial charge in [-0.05, 0) is 33.2 Å². The van der Waals surface area contributed by atoms with Crippen LogP contribution in [0.15, 0.2) is 21.6 Å². The molecule has 114 valence electrons. The number of rotatable bonds is 7. The predicted molar refractivity (Wildman–Crippen MR) is 70.0 cm³/mol. The van der Waals surface area contributed by atoms with Gasteiger partial charge in [-0.15, -0.1) is 0 Å². The van der Waals surface area contributed by atoms with E-state index in [9.17, 15) is 18.3 Å². The Bertz CT molecular complexity index is 575. The lowest BCUT2D eigenvalue weighted by Crippen LogP contribution is -2.47. The van der Waals surface area contributed by atoms with Crippen LogP contribution in [0.4, 0.5) is 0 Å². The summed E-state index contributed by atoms with van der Waals surface area (Å²) in [5, 5.41) is 18.2. The van der Waals surface area contributed by atoms with E-state index in [4.69, 9.17) is 9.52 Å². The van der Waals surface area contributed by atoms with Gasteiger partial charge < -0.3 is 19.5 Å². The van der Waals surface area contributed by atoms with Crippen molar-refractivity contribution in [2.75, 3.05) is 27.2 Å². The molecule has 1 aromatic rings. The number of aliphatic hydroxyl groups is 1. The van der Waals surface area contributed by atoms with E-state index in [1.165, 1.54) is 6.92 Å². The number of furan rings is 1. The van der Waals surface area contributed by atoms with Gasteiger partial charge in [-0.3, -0.25) is 0 Å². The highest BCUT2D eigenvalue weighted by atomic mass is 32.2. The van der Waals surface area contributed by atoms with Crippen molar-refractivity contribution in [2.24, 2.45) is 0 Å². The molecule has 0 aliphatic heterocycles. The van der Waals surface area contributed by atoms with Crippen LogP contribution in [0.5, 0.6) is 0 Å². The molecule has 1 aromatic heterocycles. The van der Waals surface area contributed by atoms with E-state index < -0.39 is 32.4 Å². The third-order valence-corrected chi connectivity index (χ3v) is 3.63. The maximum Gasteiger partial charge on any atom is 0.371 e. The van der Waals surface area contributed by atoms with Gasteiger partial charge >= 0.3 is 5.97 Å². The average molecular weight is 306 g/mol. The molecule has 1 heterocycles. The van der Waals surface area contributed by atoms with Gasteiger partial charge in [-0.2, -0.15) is 0 Å². The van der Waals surface area contributed by atoms with Crippen molar-refractivity contribution in [1.82, 2.24) is 9.62 Å². The summed E-state index contributed by atoms with van der Waals surface area (Å²) in [6.45, 7) is 1.52. The fraction of sp³-hybridized carbons (Fsp3) is 0.545.